The fourth-order valence-corrected chi connectivity index (χ4v) is 2.85. The molecule has 18 heavy (non-hydrogen) atoms. The van der Waals surface area contributed by atoms with Gasteiger partial charge >= 0.3 is 11.4 Å². The summed E-state index contributed by atoms with van der Waals surface area (Å²) in [5, 5.41) is 0. The standard InChI is InChI=1S/C14H12O3S/c15-18-16-13(11-7-3-1-4-8-11)14(17-18)12-9-5-2-6-10-12/h1-10,13-14H. The highest BCUT2D eigenvalue weighted by atomic mass is 32.2. The maximum atomic E-state index is 11.5. The second kappa shape index (κ2) is 5.02. The lowest BCUT2D eigenvalue weighted by molar-refractivity contribution is 0.159. The lowest BCUT2D eigenvalue weighted by atomic mass is 9.99. The van der Waals surface area contributed by atoms with E-state index in [1.54, 1.807) is 0 Å². The Morgan fingerprint density at radius 1 is 0.722 bits per heavy atom. The van der Waals surface area contributed by atoms with Crippen LogP contribution in [-0.2, 0) is 19.7 Å². The molecule has 4 heteroatoms. The molecule has 0 spiro atoms. The second-order valence-electron chi connectivity index (χ2n) is 4.06. The van der Waals surface area contributed by atoms with Crippen molar-refractivity contribution in [2.24, 2.45) is 0 Å². The van der Waals surface area contributed by atoms with Gasteiger partial charge in [0.25, 0.3) is 0 Å². The quantitative estimate of drug-likeness (QED) is 0.832. The molecule has 0 radical (unpaired) electrons. The van der Waals surface area contributed by atoms with E-state index in [4.69, 9.17) is 8.37 Å². The Kier molecular flexibility index (Phi) is 3.23. The van der Waals surface area contributed by atoms with Crippen LogP contribution in [0.25, 0.3) is 0 Å². The lowest BCUT2D eigenvalue weighted by Gasteiger charge is -2.15. The SMILES string of the molecule is O=S1OC(c2ccccc2)C(c2ccccc2)O1. The van der Waals surface area contributed by atoms with E-state index in [0.29, 0.717) is 0 Å². The molecule has 1 saturated heterocycles. The topological polar surface area (TPSA) is 35.5 Å². The van der Waals surface area contributed by atoms with Crippen LogP contribution in [0.4, 0.5) is 0 Å². The molecule has 92 valence electrons. The maximum Gasteiger partial charge on any atom is 0.306 e. The van der Waals surface area contributed by atoms with Gasteiger partial charge in [-0.25, -0.2) is 0 Å². The molecule has 0 amide bonds. The summed E-state index contributed by atoms with van der Waals surface area (Å²) in [6.07, 6.45) is -0.649. The summed E-state index contributed by atoms with van der Waals surface area (Å²) in [4.78, 5) is 0. The zero-order chi connectivity index (χ0) is 12.4. The van der Waals surface area contributed by atoms with Gasteiger partial charge in [-0.1, -0.05) is 60.7 Å². The van der Waals surface area contributed by atoms with Crippen molar-refractivity contribution in [3.63, 3.8) is 0 Å². The Balaban J connectivity index is 1.96. The average Bonchev–Trinajstić information content (AvgIpc) is 2.83. The van der Waals surface area contributed by atoms with Crippen LogP contribution in [0.2, 0.25) is 0 Å². The molecular weight excluding hydrogens is 248 g/mol. The summed E-state index contributed by atoms with van der Waals surface area (Å²) in [5.41, 5.74) is 1.94. The first-order valence-electron chi connectivity index (χ1n) is 5.70. The Labute approximate surface area is 108 Å². The van der Waals surface area contributed by atoms with Gasteiger partial charge in [0.2, 0.25) is 0 Å². The van der Waals surface area contributed by atoms with Crippen LogP contribution in [0.15, 0.2) is 60.7 Å². The third kappa shape index (κ3) is 2.22. The summed E-state index contributed by atoms with van der Waals surface area (Å²) in [6, 6.07) is 19.4. The molecule has 1 heterocycles. The summed E-state index contributed by atoms with van der Waals surface area (Å²) in [6.45, 7) is 0. The average molecular weight is 260 g/mol. The zero-order valence-corrected chi connectivity index (χ0v) is 10.4. The minimum Gasteiger partial charge on any atom is -0.257 e. The molecule has 0 N–H and O–H groups in total. The van der Waals surface area contributed by atoms with E-state index in [2.05, 4.69) is 0 Å². The molecule has 0 saturated carbocycles. The molecule has 2 unspecified atom stereocenters. The van der Waals surface area contributed by atoms with Gasteiger partial charge in [0.1, 0.15) is 12.2 Å². The number of benzene rings is 2. The molecule has 1 aliphatic rings. The molecule has 2 atom stereocenters. The molecule has 0 bridgehead atoms. The molecular formula is C14H12O3S. The van der Waals surface area contributed by atoms with Gasteiger partial charge < -0.3 is 0 Å². The van der Waals surface area contributed by atoms with Crippen molar-refractivity contribution >= 4 is 11.4 Å². The molecule has 0 aliphatic carbocycles. The van der Waals surface area contributed by atoms with E-state index in [1.807, 2.05) is 60.7 Å². The second-order valence-corrected chi connectivity index (χ2v) is 4.85. The van der Waals surface area contributed by atoms with Crippen LogP contribution >= 0.6 is 0 Å². The smallest absolute Gasteiger partial charge is 0.257 e. The maximum absolute atomic E-state index is 11.5. The van der Waals surface area contributed by atoms with Crippen LogP contribution in [0, 0.1) is 0 Å². The predicted molar refractivity (Wildman–Crippen MR) is 68.7 cm³/mol. The van der Waals surface area contributed by atoms with Crippen LogP contribution in [0.3, 0.4) is 0 Å². The first-order valence-corrected chi connectivity index (χ1v) is 6.70. The molecule has 2 aromatic rings. The van der Waals surface area contributed by atoms with E-state index in [9.17, 15) is 4.21 Å². The van der Waals surface area contributed by atoms with Gasteiger partial charge in [0.05, 0.1) is 0 Å². The minimum atomic E-state index is -1.68. The molecule has 3 nitrogen and oxygen atoms in total. The summed E-state index contributed by atoms with van der Waals surface area (Å²) in [5.74, 6) is 0. The number of hydrogen-bond donors (Lipinski definition) is 0. The Hall–Kier alpha value is -1.49. The van der Waals surface area contributed by atoms with Crippen LogP contribution in [0.5, 0.6) is 0 Å². The van der Waals surface area contributed by atoms with Crippen molar-refractivity contribution < 1.29 is 12.6 Å². The number of hydrogen-bond acceptors (Lipinski definition) is 3. The molecule has 1 fully saturated rings. The lowest BCUT2D eigenvalue weighted by Crippen LogP contribution is -2.06. The Bertz CT molecular complexity index is 492. The molecule has 2 aromatic carbocycles. The van der Waals surface area contributed by atoms with Crippen molar-refractivity contribution in [2.45, 2.75) is 12.2 Å². The third-order valence-corrected chi connectivity index (χ3v) is 3.62. The summed E-state index contributed by atoms with van der Waals surface area (Å²) >= 11 is -1.68. The highest BCUT2D eigenvalue weighted by molar-refractivity contribution is 7.75. The summed E-state index contributed by atoms with van der Waals surface area (Å²) < 4.78 is 22.2. The highest BCUT2D eigenvalue weighted by Gasteiger charge is 2.37. The molecule has 3 rings (SSSR count). The van der Waals surface area contributed by atoms with Crippen molar-refractivity contribution in [3.05, 3.63) is 71.8 Å². The normalized spacial score (nSPS) is 27.2. The first-order chi connectivity index (χ1) is 8.84. The zero-order valence-electron chi connectivity index (χ0n) is 9.56. The highest BCUT2D eigenvalue weighted by Crippen LogP contribution is 2.41. The van der Waals surface area contributed by atoms with E-state index >= 15 is 0 Å². The van der Waals surface area contributed by atoms with Crippen LogP contribution in [-0.4, -0.2) is 4.21 Å². The summed E-state index contributed by atoms with van der Waals surface area (Å²) in [7, 11) is 0. The van der Waals surface area contributed by atoms with Gasteiger partial charge in [-0.05, 0) is 11.1 Å². The van der Waals surface area contributed by atoms with Crippen molar-refractivity contribution in [1.29, 1.82) is 0 Å². The predicted octanol–water partition coefficient (Wildman–Crippen LogP) is 3.09. The van der Waals surface area contributed by atoms with E-state index in [1.165, 1.54) is 0 Å². The van der Waals surface area contributed by atoms with Gasteiger partial charge in [-0.2, -0.15) is 4.21 Å². The Morgan fingerprint density at radius 2 is 1.11 bits per heavy atom. The van der Waals surface area contributed by atoms with Gasteiger partial charge in [0, 0.05) is 0 Å². The van der Waals surface area contributed by atoms with Gasteiger partial charge in [-0.3, -0.25) is 8.37 Å². The monoisotopic (exact) mass is 260 g/mol. The Morgan fingerprint density at radius 3 is 1.50 bits per heavy atom. The van der Waals surface area contributed by atoms with Gasteiger partial charge in [0.15, 0.2) is 0 Å². The van der Waals surface area contributed by atoms with Crippen LogP contribution < -0.4 is 0 Å². The van der Waals surface area contributed by atoms with Crippen LogP contribution in [0.1, 0.15) is 23.3 Å². The molecule has 1 aliphatic heterocycles. The van der Waals surface area contributed by atoms with Crippen molar-refractivity contribution in [2.75, 3.05) is 0 Å². The minimum absolute atomic E-state index is 0.325. The van der Waals surface area contributed by atoms with Gasteiger partial charge in [-0.15, -0.1) is 0 Å². The van der Waals surface area contributed by atoms with E-state index in [0.717, 1.165) is 11.1 Å². The fourth-order valence-electron chi connectivity index (χ4n) is 2.04. The van der Waals surface area contributed by atoms with Crippen molar-refractivity contribution in [1.82, 2.24) is 0 Å². The third-order valence-electron chi connectivity index (χ3n) is 2.90. The molecule has 0 aromatic heterocycles. The van der Waals surface area contributed by atoms with E-state index in [-0.39, 0.29) is 12.2 Å². The van der Waals surface area contributed by atoms with Crippen molar-refractivity contribution in [3.8, 4) is 0 Å². The fraction of sp³-hybridized carbons (Fsp3) is 0.143. The largest absolute Gasteiger partial charge is 0.306 e. The van der Waals surface area contributed by atoms with E-state index < -0.39 is 11.4 Å². The first kappa shape index (κ1) is 11.6. The number of rotatable bonds is 2.